The highest BCUT2D eigenvalue weighted by atomic mass is 79.9. The Morgan fingerprint density at radius 2 is 1.95 bits per heavy atom. The zero-order chi connectivity index (χ0) is 14.5. The lowest BCUT2D eigenvalue weighted by Gasteiger charge is -2.25. The van der Waals surface area contributed by atoms with Crippen molar-refractivity contribution in [3.63, 3.8) is 0 Å². The van der Waals surface area contributed by atoms with Gasteiger partial charge in [0.25, 0.3) is 0 Å². The molecule has 2 N–H and O–H groups in total. The van der Waals surface area contributed by atoms with E-state index in [1.807, 2.05) is 42.5 Å². The van der Waals surface area contributed by atoms with Crippen LogP contribution in [0.4, 0.5) is 0 Å². The molecule has 2 rings (SSSR count). The number of rotatable bonds is 5. The summed E-state index contributed by atoms with van der Waals surface area (Å²) in [7, 11) is 0. The lowest BCUT2D eigenvalue weighted by atomic mass is 10.0. The van der Waals surface area contributed by atoms with E-state index in [2.05, 4.69) is 22.9 Å². The van der Waals surface area contributed by atoms with Crippen molar-refractivity contribution in [2.45, 2.75) is 25.5 Å². The quantitative estimate of drug-likeness (QED) is 0.823. The number of halogens is 2. The van der Waals surface area contributed by atoms with Gasteiger partial charge < -0.3 is 10.5 Å². The third-order valence-corrected chi connectivity index (χ3v) is 4.09. The van der Waals surface area contributed by atoms with Gasteiger partial charge in [0.1, 0.15) is 11.9 Å². The van der Waals surface area contributed by atoms with Crippen LogP contribution in [-0.4, -0.2) is 6.04 Å². The van der Waals surface area contributed by atoms with Gasteiger partial charge in [-0.1, -0.05) is 58.7 Å². The van der Waals surface area contributed by atoms with Crippen molar-refractivity contribution >= 4 is 27.5 Å². The van der Waals surface area contributed by atoms with Gasteiger partial charge in [-0.3, -0.25) is 0 Å². The first-order chi connectivity index (χ1) is 9.61. The molecule has 4 heteroatoms. The van der Waals surface area contributed by atoms with Crippen LogP contribution in [0.5, 0.6) is 5.75 Å². The SMILES string of the molecule is CCC(N)C(Oc1cccc(Cl)c1)c1ccccc1Br. The summed E-state index contributed by atoms with van der Waals surface area (Å²) in [5.74, 6) is 0.724. The van der Waals surface area contributed by atoms with E-state index in [-0.39, 0.29) is 12.1 Å². The Kier molecular flexibility index (Phi) is 5.46. The van der Waals surface area contributed by atoms with Crippen LogP contribution in [0.2, 0.25) is 5.02 Å². The van der Waals surface area contributed by atoms with E-state index < -0.39 is 0 Å². The van der Waals surface area contributed by atoms with Crippen molar-refractivity contribution < 1.29 is 4.74 Å². The Labute approximate surface area is 133 Å². The van der Waals surface area contributed by atoms with Crippen molar-refractivity contribution in [1.82, 2.24) is 0 Å². The van der Waals surface area contributed by atoms with Crippen molar-refractivity contribution in [1.29, 1.82) is 0 Å². The molecule has 2 atom stereocenters. The number of nitrogens with two attached hydrogens (primary N) is 1. The zero-order valence-electron chi connectivity index (χ0n) is 11.2. The van der Waals surface area contributed by atoms with Crippen LogP contribution in [-0.2, 0) is 0 Å². The fourth-order valence-corrected chi connectivity index (χ4v) is 2.68. The minimum absolute atomic E-state index is 0.0901. The van der Waals surface area contributed by atoms with E-state index in [9.17, 15) is 0 Å². The maximum Gasteiger partial charge on any atom is 0.140 e. The summed E-state index contributed by atoms with van der Waals surface area (Å²) in [6.07, 6.45) is 0.612. The van der Waals surface area contributed by atoms with E-state index in [0.29, 0.717) is 5.02 Å². The van der Waals surface area contributed by atoms with Gasteiger partial charge in [-0.05, 0) is 30.7 Å². The number of ether oxygens (including phenoxy) is 1. The molecule has 0 heterocycles. The van der Waals surface area contributed by atoms with E-state index in [1.165, 1.54) is 0 Å². The molecule has 0 fully saturated rings. The summed E-state index contributed by atoms with van der Waals surface area (Å²) in [5, 5.41) is 0.651. The molecule has 0 saturated heterocycles. The topological polar surface area (TPSA) is 35.2 Å². The Morgan fingerprint density at radius 3 is 2.60 bits per heavy atom. The van der Waals surface area contributed by atoms with Gasteiger partial charge in [-0.25, -0.2) is 0 Å². The second-order valence-electron chi connectivity index (χ2n) is 4.59. The molecule has 0 aromatic heterocycles. The highest BCUT2D eigenvalue weighted by Crippen LogP contribution is 2.31. The normalized spacial score (nSPS) is 13.8. The molecule has 0 bridgehead atoms. The molecule has 0 aliphatic heterocycles. The van der Waals surface area contributed by atoms with Crippen LogP contribution in [0.15, 0.2) is 53.0 Å². The Morgan fingerprint density at radius 1 is 1.20 bits per heavy atom. The average Bonchev–Trinajstić information content (AvgIpc) is 2.45. The Balaban J connectivity index is 2.32. The van der Waals surface area contributed by atoms with Crippen molar-refractivity contribution in [3.05, 3.63) is 63.6 Å². The molecule has 2 aromatic rings. The zero-order valence-corrected chi connectivity index (χ0v) is 13.6. The molecule has 0 saturated carbocycles. The molecule has 0 aliphatic rings. The molecule has 0 spiro atoms. The lowest BCUT2D eigenvalue weighted by molar-refractivity contribution is 0.170. The maximum absolute atomic E-state index is 6.23. The molecule has 0 radical (unpaired) electrons. The summed E-state index contributed by atoms with van der Waals surface area (Å²) >= 11 is 9.56. The van der Waals surface area contributed by atoms with Crippen LogP contribution in [0.1, 0.15) is 25.0 Å². The molecular weight excluding hydrogens is 338 g/mol. The van der Waals surface area contributed by atoms with Gasteiger partial charge in [0.2, 0.25) is 0 Å². The van der Waals surface area contributed by atoms with Gasteiger partial charge in [-0.15, -0.1) is 0 Å². The average molecular weight is 355 g/mol. The van der Waals surface area contributed by atoms with Crippen LogP contribution in [0.3, 0.4) is 0 Å². The first-order valence-corrected chi connectivity index (χ1v) is 7.71. The standard InChI is InChI=1S/C16H17BrClNO/c1-2-15(19)16(13-8-3-4-9-14(13)17)20-12-7-5-6-11(18)10-12/h3-10,15-16H,2,19H2,1H3. The lowest BCUT2D eigenvalue weighted by Crippen LogP contribution is -2.31. The van der Waals surface area contributed by atoms with E-state index in [4.69, 9.17) is 22.1 Å². The monoisotopic (exact) mass is 353 g/mol. The maximum atomic E-state index is 6.23. The molecule has 106 valence electrons. The summed E-state index contributed by atoms with van der Waals surface area (Å²) < 4.78 is 7.07. The molecule has 2 unspecified atom stereocenters. The molecule has 0 amide bonds. The van der Waals surface area contributed by atoms with Crippen molar-refractivity contribution in [2.75, 3.05) is 0 Å². The molecular formula is C16H17BrClNO. The summed E-state index contributed by atoms with van der Waals surface area (Å²) in [6, 6.07) is 15.3. The highest BCUT2D eigenvalue weighted by Gasteiger charge is 2.22. The third-order valence-electron chi connectivity index (χ3n) is 3.13. The van der Waals surface area contributed by atoms with Crippen LogP contribution >= 0.6 is 27.5 Å². The fraction of sp³-hybridized carbons (Fsp3) is 0.250. The highest BCUT2D eigenvalue weighted by molar-refractivity contribution is 9.10. The predicted molar refractivity (Wildman–Crippen MR) is 87.2 cm³/mol. The van der Waals surface area contributed by atoms with Crippen LogP contribution in [0.25, 0.3) is 0 Å². The van der Waals surface area contributed by atoms with Crippen LogP contribution in [0, 0.1) is 0 Å². The first-order valence-electron chi connectivity index (χ1n) is 6.54. The van der Waals surface area contributed by atoms with Crippen LogP contribution < -0.4 is 10.5 Å². The molecule has 2 aromatic carbocycles. The van der Waals surface area contributed by atoms with E-state index in [0.717, 1.165) is 22.2 Å². The molecule has 0 aliphatic carbocycles. The summed E-state index contributed by atoms with van der Waals surface area (Å²) in [6.45, 7) is 2.05. The Bertz CT molecular complexity index is 576. The van der Waals surface area contributed by atoms with Gasteiger partial charge in [-0.2, -0.15) is 0 Å². The van der Waals surface area contributed by atoms with Gasteiger partial charge in [0.15, 0.2) is 0 Å². The minimum atomic E-state index is -0.214. The Hall–Kier alpha value is -1.03. The second-order valence-corrected chi connectivity index (χ2v) is 5.88. The smallest absolute Gasteiger partial charge is 0.140 e. The summed E-state index contributed by atoms with van der Waals surface area (Å²) in [5.41, 5.74) is 7.27. The van der Waals surface area contributed by atoms with Gasteiger partial charge in [0, 0.05) is 21.1 Å². The number of hydrogen-bond donors (Lipinski definition) is 1. The second kappa shape index (κ2) is 7.11. The predicted octanol–water partition coefficient (Wildman–Crippen LogP) is 4.96. The fourth-order valence-electron chi connectivity index (χ4n) is 1.99. The van der Waals surface area contributed by atoms with E-state index >= 15 is 0 Å². The van der Waals surface area contributed by atoms with E-state index in [1.54, 1.807) is 6.07 Å². The van der Waals surface area contributed by atoms with Gasteiger partial charge >= 0.3 is 0 Å². The summed E-state index contributed by atoms with van der Waals surface area (Å²) in [4.78, 5) is 0. The number of hydrogen-bond acceptors (Lipinski definition) is 2. The third kappa shape index (κ3) is 3.75. The largest absolute Gasteiger partial charge is 0.484 e. The van der Waals surface area contributed by atoms with Crippen molar-refractivity contribution in [2.24, 2.45) is 5.73 Å². The van der Waals surface area contributed by atoms with Crippen molar-refractivity contribution in [3.8, 4) is 5.75 Å². The van der Waals surface area contributed by atoms with Gasteiger partial charge in [0.05, 0.1) is 0 Å². The molecule has 20 heavy (non-hydrogen) atoms. The number of benzene rings is 2. The minimum Gasteiger partial charge on any atom is -0.484 e. The first kappa shape index (κ1) is 15.4. The molecule has 2 nitrogen and oxygen atoms in total.